The standard InChI is InChI=1S/C15H21NO2/c1-11-4-5-13(12(2)8-11)14(17)9-16-7-6-15(3,18)10-16/h4-5,8,18H,6-7,9-10H2,1-3H3. The molecule has 1 aliphatic rings. The second-order valence-corrected chi connectivity index (χ2v) is 5.70. The molecular formula is C15H21NO2. The number of carbonyl (C=O) groups excluding carboxylic acids is 1. The number of hydrogen-bond donors (Lipinski definition) is 1. The molecule has 18 heavy (non-hydrogen) atoms. The SMILES string of the molecule is Cc1ccc(C(=O)CN2CCC(C)(O)C2)c(C)c1. The molecule has 1 aliphatic heterocycles. The van der Waals surface area contributed by atoms with Gasteiger partial charge in [0.05, 0.1) is 12.1 Å². The number of likely N-dealkylation sites (tertiary alicyclic amines) is 1. The molecule has 1 N–H and O–H groups in total. The van der Waals surface area contributed by atoms with Crippen molar-refractivity contribution in [2.75, 3.05) is 19.6 Å². The van der Waals surface area contributed by atoms with Crippen LogP contribution in [-0.2, 0) is 0 Å². The Kier molecular flexibility index (Phi) is 3.55. The van der Waals surface area contributed by atoms with Crippen molar-refractivity contribution in [3.8, 4) is 0 Å². The van der Waals surface area contributed by atoms with Crippen LogP contribution in [0.25, 0.3) is 0 Å². The predicted molar refractivity (Wildman–Crippen MR) is 71.9 cm³/mol. The van der Waals surface area contributed by atoms with Crippen LogP contribution in [0.5, 0.6) is 0 Å². The van der Waals surface area contributed by atoms with Crippen molar-refractivity contribution < 1.29 is 9.90 Å². The van der Waals surface area contributed by atoms with Crippen molar-refractivity contribution in [3.05, 3.63) is 34.9 Å². The summed E-state index contributed by atoms with van der Waals surface area (Å²) in [5, 5.41) is 9.89. The van der Waals surface area contributed by atoms with Gasteiger partial charge in [-0.15, -0.1) is 0 Å². The first-order valence-corrected chi connectivity index (χ1v) is 6.43. The number of Topliss-reactive ketones (excluding diaryl/α,β-unsaturated/α-hetero) is 1. The molecule has 0 bridgehead atoms. The highest BCUT2D eigenvalue weighted by atomic mass is 16.3. The molecule has 2 rings (SSSR count). The molecule has 1 heterocycles. The molecule has 3 heteroatoms. The summed E-state index contributed by atoms with van der Waals surface area (Å²) in [6.45, 7) is 7.61. The molecule has 3 nitrogen and oxygen atoms in total. The molecule has 1 aromatic carbocycles. The van der Waals surface area contributed by atoms with Crippen LogP contribution in [0.15, 0.2) is 18.2 Å². The molecule has 1 fully saturated rings. The zero-order valence-electron chi connectivity index (χ0n) is 11.4. The van der Waals surface area contributed by atoms with Crippen LogP contribution in [0, 0.1) is 13.8 Å². The van der Waals surface area contributed by atoms with E-state index in [1.54, 1.807) is 0 Å². The molecule has 0 radical (unpaired) electrons. The van der Waals surface area contributed by atoms with E-state index in [1.165, 1.54) is 5.56 Å². The van der Waals surface area contributed by atoms with Crippen LogP contribution in [-0.4, -0.2) is 41.0 Å². The number of aryl methyl sites for hydroxylation is 2. The summed E-state index contributed by atoms with van der Waals surface area (Å²) in [4.78, 5) is 14.2. The fraction of sp³-hybridized carbons (Fsp3) is 0.533. The zero-order valence-corrected chi connectivity index (χ0v) is 11.4. The van der Waals surface area contributed by atoms with Gasteiger partial charge in [-0.1, -0.05) is 23.8 Å². The molecule has 1 aromatic rings. The fourth-order valence-corrected chi connectivity index (χ4v) is 2.59. The summed E-state index contributed by atoms with van der Waals surface area (Å²) in [6.07, 6.45) is 0.743. The molecule has 1 unspecified atom stereocenters. The molecule has 0 spiro atoms. The van der Waals surface area contributed by atoms with Gasteiger partial charge in [-0.3, -0.25) is 9.69 Å². The molecule has 1 saturated heterocycles. The Morgan fingerprint density at radius 1 is 1.44 bits per heavy atom. The molecular weight excluding hydrogens is 226 g/mol. The number of ketones is 1. The largest absolute Gasteiger partial charge is 0.389 e. The Bertz CT molecular complexity index is 466. The van der Waals surface area contributed by atoms with Gasteiger partial charge < -0.3 is 5.11 Å². The molecule has 0 aromatic heterocycles. The third kappa shape index (κ3) is 2.98. The monoisotopic (exact) mass is 247 g/mol. The molecule has 1 atom stereocenters. The zero-order chi connectivity index (χ0) is 13.3. The summed E-state index contributed by atoms with van der Waals surface area (Å²) < 4.78 is 0. The van der Waals surface area contributed by atoms with Crippen LogP contribution < -0.4 is 0 Å². The number of nitrogens with zero attached hydrogens (tertiary/aromatic N) is 1. The highest BCUT2D eigenvalue weighted by molar-refractivity contribution is 5.99. The van der Waals surface area contributed by atoms with E-state index in [2.05, 4.69) is 0 Å². The second-order valence-electron chi connectivity index (χ2n) is 5.70. The topological polar surface area (TPSA) is 40.5 Å². The smallest absolute Gasteiger partial charge is 0.177 e. The summed E-state index contributed by atoms with van der Waals surface area (Å²) in [5.41, 5.74) is 2.37. The first-order chi connectivity index (χ1) is 8.37. The van der Waals surface area contributed by atoms with Gasteiger partial charge in [0, 0.05) is 18.7 Å². The Balaban J connectivity index is 2.04. The summed E-state index contributed by atoms with van der Waals surface area (Å²) in [7, 11) is 0. The minimum atomic E-state index is -0.636. The van der Waals surface area contributed by atoms with Crippen molar-refractivity contribution in [1.82, 2.24) is 4.90 Å². The molecule has 98 valence electrons. The lowest BCUT2D eigenvalue weighted by Gasteiger charge is -2.18. The fourth-order valence-electron chi connectivity index (χ4n) is 2.59. The highest BCUT2D eigenvalue weighted by Crippen LogP contribution is 2.21. The third-order valence-electron chi connectivity index (χ3n) is 3.58. The van der Waals surface area contributed by atoms with E-state index in [4.69, 9.17) is 0 Å². The Hall–Kier alpha value is -1.19. The van der Waals surface area contributed by atoms with Crippen molar-refractivity contribution >= 4 is 5.78 Å². The van der Waals surface area contributed by atoms with Crippen molar-refractivity contribution in [3.63, 3.8) is 0 Å². The first-order valence-electron chi connectivity index (χ1n) is 6.43. The van der Waals surface area contributed by atoms with E-state index >= 15 is 0 Å². The van der Waals surface area contributed by atoms with E-state index in [-0.39, 0.29) is 5.78 Å². The van der Waals surface area contributed by atoms with Crippen molar-refractivity contribution in [2.24, 2.45) is 0 Å². The number of carbonyl (C=O) groups is 1. The van der Waals surface area contributed by atoms with E-state index in [0.29, 0.717) is 13.1 Å². The van der Waals surface area contributed by atoms with E-state index in [0.717, 1.165) is 24.1 Å². The highest BCUT2D eigenvalue weighted by Gasteiger charge is 2.32. The first kappa shape index (κ1) is 13.2. The van der Waals surface area contributed by atoms with Gasteiger partial charge in [-0.05, 0) is 32.8 Å². The van der Waals surface area contributed by atoms with Crippen molar-refractivity contribution in [2.45, 2.75) is 32.8 Å². The number of β-amino-alcohol motifs (C(OH)–C–C–N with tert-alkyl or cyclic N) is 1. The minimum Gasteiger partial charge on any atom is -0.389 e. The minimum absolute atomic E-state index is 0.144. The molecule has 0 amide bonds. The van der Waals surface area contributed by atoms with Gasteiger partial charge in [0.1, 0.15) is 0 Å². The Morgan fingerprint density at radius 3 is 2.72 bits per heavy atom. The lowest BCUT2D eigenvalue weighted by atomic mass is 10.0. The predicted octanol–water partition coefficient (Wildman–Crippen LogP) is 1.94. The van der Waals surface area contributed by atoms with Crippen LogP contribution in [0.1, 0.15) is 34.8 Å². The van der Waals surface area contributed by atoms with E-state index < -0.39 is 5.60 Å². The van der Waals surface area contributed by atoms with E-state index in [1.807, 2.05) is 43.9 Å². The molecule has 0 aliphatic carbocycles. The van der Waals surface area contributed by atoms with Crippen LogP contribution in [0.4, 0.5) is 0 Å². The van der Waals surface area contributed by atoms with Crippen LogP contribution in [0.2, 0.25) is 0 Å². The summed E-state index contributed by atoms with van der Waals surface area (Å²) in [5.74, 6) is 0.144. The van der Waals surface area contributed by atoms with E-state index in [9.17, 15) is 9.90 Å². The summed E-state index contributed by atoms with van der Waals surface area (Å²) >= 11 is 0. The average Bonchev–Trinajstić information content (AvgIpc) is 2.57. The number of hydrogen-bond acceptors (Lipinski definition) is 3. The van der Waals surface area contributed by atoms with Gasteiger partial charge in [0.15, 0.2) is 5.78 Å². The second kappa shape index (κ2) is 4.82. The van der Waals surface area contributed by atoms with Gasteiger partial charge in [-0.25, -0.2) is 0 Å². The van der Waals surface area contributed by atoms with Crippen molar-refractivity contribution in [1.29, 1.82) is 0 Å². The van der Waals surface area contributed by atoms with Gasteiger partial charge in [-0.2, -0.15) is 0 Å². The third-order valence-corrected chi connectivity index (χ3v) is 3.58. The quantitative estimate of drug-likeness (QED) is 0.830. The van der Waals surface area contributed by atoms with Gasteiger partial charge in [0.25, 0.3) is 0 Å². The molecule has 0 saturated carbocycles. The maximum atomic E-state index is 12.2. The van der Waals surface area contributed by atoms with Crippen LogP contribution in [0.3, 0.4) is 0 Å². The average molecular weight is 247 g/mol. The lowest BCUT2D eigenvalue weighted by Crippen LogP contribution is -2.33. The number of rotatable bonds is 3. The number of aliphatic hydroxyl groups is 1. The maximum absolute atomic E-state index is 12.2. The normalized spacial score (nSPS) is 24.4. The maximum Gasteiger partial charge on any atom is 0.177 e. The summed E-state index contributed by atoms with van der Waals surface area (Å²) in [6, 6.07) is 5.91. The Morgan fingerprint density at radius 2 is 2.17 bits per heavy atom. The van der Waals surface area contributed by atoms with Gasteiger partial charge >= 0.3 is 0 Å². The van der Waals surface area contributed by atoms with Gasteiger partial charge in [0.2, 0.25) is 0 Å². The lowest BCUT2D eigenvalue weighted by molar-refractivity contribution is 0.0669. The number of benzene rings is 1. The Labute approximate surface area is 108 Å². The van der Waals surface area contributed by atoms with Crippen LogP contribution >= 0.6 is 0 Å².